The van der Waals surface area contributed by atoms with Crippen LogP contribution in [0.5, 0.6) is 0 Å². The Kier molecular flexibility index (Phi) is 6.18. The van der Waals surface area contributed by atoms with Crippen LogP contribution in [0.1, 0.15) is 23.1 Å². The van der Waals surface area contributed by atoms with E-state index < -0.39 is 0 Å². The molecule has 0 aromatic carbocycles. The maximum Gasteiger partial charge on any atom is 0.310 e. The van der Waals surface area contributed by atoms with Crippen LogP contribution in [0.4, 0.5) is 0 Å². The Morgan fingerprint density at radius 1 is 1.53 bits per heavy atom. The summed E-state index contributed by atoms with van der Waals surface area (Å²) in [6.45, 7) is 2.91. The molecule has 0 fully saturated rings. The second-order valence-electron chi connectivity index (χ2n) is 3.79. The molecule has 2 N–H and O–H groups in total. The van der Waals surface area contributed by atoms with Crippen molar-refractivity contribution in [1.82, 2.24) is 5.32 Å². The Labute approximate surface area is 106 Å². The van der Waals surface area contributed by atoms with Gasteiger partial charge in [0, 0.05) is 22.3 Å². The van der Waals surface area contributed by atoms with E-state index in [9.17, 15) is 4.79 Å². The highest BCUT2D eigenvalue weighted by molar-refractivity contribution is 7.12. The van der Waals surface area contributed by atoms with Crippen molar-refractivity contribution in [2.24, 2.45) is 0 Å². The molecule has 5 heteroatoms. The number of aliphatic hydroxyl groups is 1. The molecule has 0 aliphatic carbocycles. The van der Waals surface area contributed by atoms with Crippen LogP contribution in [0.3, 0.4) is 0 Å². The highest BCUT2D eigenvalue weighted by atomic mass is 32.1. The first-order valence-electron chi connectivity index (χ1n) is 5.68. The molecule has 0 saturated carbocycles. The van der Waals surface area contributed by atoms with Crippen molar-refractivity contribution in [2.75, 3.05) is 13.7 Å². The van der Waals surface area contributed by atoms with E-state index in [0.717, 1.165) is 22.7 Å². The number of aliphatic hydroxyl groups excluding tert-OH is 1. The van der Waals surface area contributed by atoms with Gasteiger partial charge in [-0.1, -0.05) is 6.92 Å². The third kappa shape index (κ3) is 4.85. The van der Waals surface area contributed by atoms with Crippen LogP contribution in [-0.2, 0) is 22.5 Å². The van der Waals surface area contributed by atoms with E-state index in [2.05, 4.69) is 10.1 Å². The quantitative estimate of drug-likeness (QED) is 0.723. The van der Waals surface area contributed by atoms with E-state index in [4.69, 9.17) is 5.11 Å². The van der Waals surface area contributed by atoms with Gasteiger partial charge in [0.05, 0.1) is 20.1 Å². The van der Waals surface area contributed by atoms with Crippen molar-refractivity contribution in [3.8, 4) is 0 Å². The predicted molar refractivity (Wildman–Crippen MR) is 68.0 cm³/mol. The number of nitrogens with one attached hydrogen (secondary N) is 1. The molecule has 0 amide bonds. The van der Waals surface area contributed by atoms with Crippen LogP contribution in [-0.4, -0.2) is 30.8 Å². The zero-order chi connectivity index (χ0) is 12.7. The van der Waals surface area contributed by atoms with Crippen LogP contribution in [0.25, 0.3) is 0 Å². The van der Waals surface area contributed by atoms with Gasteiger partial charge in [-0.2, -0.15) is 0 Å². The molecule has 1 atom stereocenters. The SMILES string of the molecule is CC[C@H](CO)NCc1ccc(CC(=O)OC)s1. The first-order chi connectivity index (χ1) is 8.19. The molecule has 0 spiro atoms. The molecular formula is C12H19NO3S. The van der Waals surface area contributed by atoms with Gasteiger partial charge in [0.2, 0.25) is 0 Å². The van der Waals surface area contributed by atoms with Gasteiger partial charge >= 0.3 is 5.97 Å². The summed E-state index contributed by atoms with van der Waals surface area (Å²) >= 11 is 1.59. The van der Waals surface area contributed by atoms with Crippen LogP contribution >= 0.6 is 11.3 Å². The third-order valence-corrected chi connectivity index (χ3v) is 3.63. The molecule has 0 radical (unpaired) electrons. The van der Waals surface area contributed by atoms with Crippen molar-refractivity contribution < 1.29 is 14.6 Å². The molecular weight excluding hydrogens is 238 g/mol. The van der Waals surface area contributed by atoms with Crippen LogP contribution < -0.4 is 5.32 Å². The molecule has 0 bridgehead atoms. The second-order valence-corrected chi connectivity index (χ2v) is 5.04. The maximum atomic E-state index is 11.1. The van der Waals surface area contributed by atoms with Crippen molar-refractivity contribution in [1.29, 1.82) is 0 Å². The van der Waals surface area contributed by atoms with Crippen molar-refractivity contribution in [2.45, 2.75) is 32.4 Å². The summed E-state index contributed by atoms with van der Waals surface area (Å²) in [7, 11) is 1.39. The van der Waals surface area contributed by atoms with E-state index in [1.54, 1.807) is 11.3 Å². The Morgan fingerprint density at radius 2 is 2.24 bits per heavy atom. The van der Waals surface area contributed by atoms with E-state index >= 15 is 0 Å². The van der Waals surface area contributed by atoms with Crippen LogP contribution in [0.15, 0.2) is 12.1 Å². The zero-order valence-electron chi connectivity index (χ0n) is 10.2. The maximum absolute atomic E-state index is 11.1. The lowest BCUT2D eigenvalue weighted by Crippen LogP contribution is -2.30. The summed E-state index contributed by atoms with van der Waals surface area (Å²) < 4.78 is 4.62. The van der Waals surface area contributed by atoms with E-state index in [1.807, 2.05) is 19.1 Å². The number of hydrogen-bond acceptors (Lipinski definition) is 5. The molecule has 0 unspecified atom stereocenters. The molecule has 1 rings (SSSR count). The normalized spacial score (nSPS) is 12.4. The predicted octanol–water partition coefficient (Wildman–Crippen LogP) is 1.32. The smallest absolute Gasteiger partial charge is 0.310 e. The topological polar surface area (TPSA) is 58.6 Å². The average Bonchev–Trinajstić information content (AvgIpc) is 2.78. The molecule has 1 heterocycles. The average molecular weight is 257 g/mol. The molecule has 4 nitrogen and oxygen atoms in total. The molecule has 1 aromatic heterocycles. The lowest BCUT2D eigenvalue weighted by molar-refractivity contribution is -0.139. The fourth-order valence-corrected chi connectivity index (χ4v) is 2.36. The van der Waals surface area contributed by atoms with Crippen LogP contribution in [0.2, 0.25) is 0 Å². The first kappa shape index (κ1) is 14.2. The van der Waals surface area contributed by atoms with Crippen molar-refractivity contribution in [3.05, 3.63) is 21.9 Å². The Balaban J connectivity index is 2.42. The van der Waals surface area contributed by atoms with Crippen molar-refractivity contribution >= 4 is 17.3 Å². The van der Waals surface area contributed by atoms with E-state index in [-0.39, 0.29) is 18.6 Å². The summed E-state index contributed by atoms with van der Waals surface area (Å²) in [6, 6.07) is 4.08. The van der Waals surface area contributed by atoms with Gasteiger partial charge in [-0.15, -0.1) is 11.3 Å². The number of esters is 1. The summed E-state index contributed by atoms with van der Waals surface area (Å²) in [5.41, 5.74) is 0. The van der Waals surface area contributed by atoms with Gasteiger partial charge in [0.1, 0.15) is 0 Å². The monoisotopic (exact) mass is 257 g/mol. The first-order valence-corrected chi connectivity index (χ1v) is 6.49. The van der Waals surface area contributed by atoms with E-state index in [0.29, 0.717) is 6.42 Å². The minimum Gasteiger partial charge on any atom is -0.469 e. The van der Waals surface area contributed by atoms with Gasteiger partial charge in [-0.3, -0.25) is 4.79 Å². The van der Waals surface area contributed by atoms with Crippen LogP contribution in [0, 0.1) is 0 Å². The number of ether oxygens (including phenoxy) is 1. The minimum atomic E-state index is -0.215. The van der Waals surface area contributed by atoms with Gasteiger partial charge < -0.3 is 15.2 Å². The molecule has 0 aliphatic heterocycles. The fraction of sp³-hybridized carbons (Fsp3) is 0.583. The number of carbonyl (C=O) groups is 1. The fourth-order valence-electron chi connectivity index (χ4n) is 1.41. The van der Waals surface area contributed by atoms with Crippen molar-refractivity contribution in [3.63, 3.8) is 0 Å². The largest absolute Gasteiger partial charge is 0.469 e. The minimum absolute atomic E-state index is 0.140. The zero-order valence-corrected chi connectivity index (χ0v) is 11.0. The Hall–Kier alpha value is -0.910. The number of thiophene rings is 1. The second kappa shape index (κ2) is 7.42. The molecule has 0 saturated heterocycles. The highest BCUT2D eigenvalue weighted by Crippen LogP contribution is 2.17. The molecule has 17 heavy (non-hydrogen) atoms. The van der Waals surface area contributed by atoms with Gasteiger partial charge in [0.15, 0.2) is 0 Å². The molecule has 1 aromatic rings. The number of carbonyl (C=O) groups excluding carboxylic acids is 1. The number of hydrogen-bond donors (Lipinski definition) is 2. The van der Waals surface area contributed by atoms with Gasteiger partial charge in [0.25, 0.3) is 0 Å². The summed E-state index contributed by atoms with van der Waals surface area (Å²) in [6.07, 6.45) is 1.23. The lowest BCUT2D eigenvalue weighted by Gasteiger charge is -2.12. The van der Waals surface area contributed by atoms with Gasteiger partial charge in [-0.25, -0.2) is 0 Å². The van der Waals surface area contributed by atoms with E-state index in [1.165, 1.54) is 7.11 Å². The highest BCUT2D eigenvalue weighted by Gasteiger charge is 2.08. The summed E-state index contributed by atoms with van der Waals surface area (Å²) in [5, 5.41) is 12.3. The summed E-state index contributed by atoms with van der Waals surface area (Å²) in [5.74, 6) is -0.215. The number of methoxy groups -OCH3 is 1. The third-order valence-electron chi connectivity index (χ3n) is 2.54. The molecule has 96 valence electrons. The Morgan fingerprint density at radius 3 is 2.82 bits per heavy atom. The Bertz CT molecular complexity index is 347. The standard InChI is InChI=1S/C12H19NO3S/c1-3-9(8-14)13-7-11-5-4-10(17-11)6-12(15)16-2/h4-5,9,13-14H,3,6-8H2,1-2H3/t9-/m1/s1. The lowest BCUT2D eigenvalue weighted by atomic mass is 10.2. The van der Waals surface area contributed by atoms with Gasteiger partial charge in [-0.05, 0) is 18.6 Å². The summed E-state index contributed by atoms with van der Waals surface area (Å²) in [4.78, 5) is 13.3. The molecule has 0 aliphatic rings. The number of rotatable bonds is 7.